The Kier molecular flexibility index (Phi) is 9.73. The van der Waals surface area contributed by atoms with Crippen molar-refractivity contribution in [1.82, 2.24) is 10.2 Å². The number of hydrogen-bond donors (Lipinski definition) is 1. The van der Waals surface area contributed by atoms with Gasteiger partial charge in [-0.05, 0) is 43.2 Å². The number of hydrogen-bond acceptors (Lipinski definition) is 3. The molecule has 1 aromatic carbocycles. The van der Waals surface area contributed by atoms with E-state index >= 15 is 0 Å². The minimum absolute atomic E-state index is 0.0549. The zero-order valence-electron chi connectivity index (χ0n) is 17.3. The van der Waals surface area contributed by atoms with Gasteiger partial charge in [-0.2, -0.15) is 13.2 Å². The van der Waals surface area contributed by atoms with Crippen LogP contribution in [0.5, 0.6) is 0 Å². The summed E-state index contributed by atoms with van der Waals surface area (Å²) in [5, 5.41) is 3.32. The van der Waals surface area contributed by atoms with Gasteiger partial charge in [-0.3, -0.25) is 0 Å². The molecule has 2 rings (SSSR count). The second kappa shape index (κ2) is 12.0. The maximum atomic E-state index is 12.1. The van der Waals surface area contributed by atoms with Crippen LogP contribution in [0.25, 0.3) is 0 Å². The largest absolute Gasteiger partial charge is 0.411 e. The van der Waals surface area contributed by atoms with E-state index in [2.05, 4.69) is 15.0 Å². The Morgan fingerprint density at radius 1 is 1.21 bits per heavy atom. The minimum atomic E-state index is -4.30. The van der Waals surface area contributed by atoms with Crippen molar-refractivity contribution in [2.24, 2.45) is 10.9 Å². The van der Waals surface area contributed by atoms with Crippen molar-refractivity contribution in [3.05, 3.63) is 35.4 Å². The van der Waals surface area contributed by atoms with Gasteiger partial charge in [0, 0.05) is 33.4 Å². The molecule has 1 aliphatic heterocycles. The Hall–Kier alpha value is -1.80. The Morgan fingerprint density at radius 3 is 2.48 bits per heavy atom. The number of alkyl halides is 3. The molecule has 1 heterocycles. The van der Waals surface area contributed by atoms with Gasteiger partial charge < -0.3 is 19.7 Å². The number of guanidine groups is 1. The SMILES string of the molecule is CCNC(=NCc1ccc(COCC(F)(F)F)cc1)N(C)CCC1CCOCC1. The van der Waals surface area contributed by atoms with Gasteiger partial charge in [0.1, 0.15) is 6.61 Å². The van der Waals surface area contributed by atoms with Crippen molar-refractivity contribution >= 4 is 5.96 Å². The quantitative estimate of drug-likeness (QED) is 0.490. The molecule has 164 valence electrons. The first-order valence-electron chi connectivity index (χ1n) is 10.2. The molecule has 1 aromatic rings. The van der Waals surface area contributed by atoms with Crippen molar-refractivity contribution in [2.75, 3.05) is 40.0 Å². The second-order valence-electron chi connectivity index (χ2n) is 7.36. The summed E-state index contributed by atoms with van der Waals surface area (Å²) >= 11 is 0. The standard InChI is InChI=1S/C21H32F3N3O2/c1-3-25-20(27(2)11-8-17-9-12-28-13-10-17)26-14-18-4-6-19(7-5-18)15-29-16-21(22,23)24/h4-7,17H,3,8-16H2,1-2H3,(H,25,26). The fourth-order valence-electron chi connectivity index (χ4n) is 3.18. The van der Waals surface area contributed by atoms with Gasteiger partial charge in [0.25, 0.3) is 0 Å². The maximum Gasteiger partial charge on any atom is 0.411 e. The highest BCUT2D eigenvalue weighted by molar-refractivity contribution is 5.79. The molecular formula is C21H32F3N3O2. The number of benzene rings is 1. The average Bonchev–Trinajstić information content (AvgIpc) is 2.70. The third-order valence-corrected chi connectivity index (χ3v) is 4.88. The summed E-state index contributed by atoms with van der Waals surface area (Å²) in [5.41, 5.74) is 1.71. The first-order chi connectivity index (χ1) is 13.9. The Bertz CT molecular complexity index is 615. The predicted octanol–water partition coefficient (Wildman–Crippen LogP) is 3.98. The van der Waals surface area contributed by atoms with E-state index in [9.17, 15) is 13.2 Å². The number of rotatable bonds is 9. The maximum absolute atomic E-state index is 12.1. The molecule has 0 saturated carbocycles. The van der Waals surface area contributed by atoms with Crippen LogP contribution >= 0.6 is 0 Å². The van der Waals surface area contributed by atoms with E-state index in [1.165, 1.54) is 0 Å². The van der Waals surface area contributed by atoms with E-state index in [1.54, 1.807) is 12.1 Å². The molecule has 1 aliphatic rings. The van der Waals surface area contributed by atoms with Gasteiger partial charge in [0.15, 0.2) is 5.96 Å². The van der Waals surface area contributed by atoms with Crippen molar-refractivity contribution in [3.63, 3.8) is 0 Å². The molecule has 0 spiro atoms. The van der Waals surface area contributed by atoms with Crippen LogP contribution in [0.3, 0.4) is 0 Å². The summed E-state index contributed by atoms with van der Waals surface area (Å²) in [7, 11) is 2.04. The van der Waals surface area contributed by atoms with E-state index in [1.807, 2.05) is 26.1 Å². The van der Waals surface area contributed by atoms with E-state index in [4.69, 9.17) is 9.73 Å². The lowest BCUT2D eigenvalue weighted by Crippen LogP contribution is -2.40. The van der Waals surface area contributed by atoms with E-state index in [0.29, 0.717) is 18.0 Å². The first kappa shape index (κ1) is 23.5. The molecule has 1 N–H and O–H groups in total. The third kappa shape index (κ3) is 9.49. The predicted molar refractivity (Wildman–Crippen MR) is 108 cm³/mol. The van der Waals surface area contributed by atoms with Crippen LogP contribution in [0.15, 0.2) is 29.3 Å². The molecule has 0 amide bonds. The summed E-state index contributed by atoms with van der Waals surface area (Å²) in [6, 6.07) is 7.31. The molecule has 5 nitrogen and oxygen atoms in total. The van der Waals surface area contributed by atoms with Crippen LogP contribution in [0.1, 0.15) is 37.3 Å². The summed E-state index contributed by atoms with van der Waals surface area (Å²) in [6.07, 6.45) is -0.924. The monoisotopic (exact) mass is 415 g/mol. The Morgan fingerprint density at radius 2 is 1.86 bits per heavy atom. The van der Waals surface area contributed by atoms with Gasteiger partial charge in [-0.1, -0.05) is 24.3 Å². The smallest absolute Gasteiger partial charge is 0.381 e. The van der Waals surface area contributed by atoms with Gasteiger partial charge in [0.05, 0.1) is 13.2 Å². The van der Waals surface area contributed by atoms with Crippen LogP contribution in [0.2, 0.25) is 0 Å². The van der Waals surface area contributed by atoms with Crippen molar-refractivity contribution in [2.45, 2.75) is 45.5 Å². The number of nitrogens with zero attached hydrogens (tertiary/aromatic N) is 2. The lowest BCUT2D eigenvalue weighted by molar-refractivity contribution is -0.176. The molecule has 29 heavy (non-hydrogen) atoms. The molecule has 1 fully saturated rings. The fraction of sp³-hybridized carbons (Fsp3) is 0.667. The number of aliphatic imine (C=N–C) groups is 1. The van der Waals surface area contributed by atoms with E-state index in [0.717, 1.165) is 57.1 Å². The highest BCUT2D eigenvalue weighted by Gasteiger charge is 2.27. The van der Waals surface area contributed by atoms with Crippen molar-refractivity contribution in [1.29, 1.82) is 0 Å². The van der Waals surface area contributed by atoms with Gasteiger partial charge in [0.2, 0.25) is 0 Å². The lowest BCUT2D eigenvalue weighted by atomic mass is 9.96. The fourth-order valence-corrected chi connectivity index (χ4v) is 3.18. The molecule has 0 unspecified atom stereocenters. The minimum Gasteiger partial charge on any atom is -0.381 e. The van der Waals surface area contributed by atoms with E-state index < -0.39 is 12.8 Å². The average molecular weight is 416 g/mol. The summed E-state index contributed by atoms with van der Waals surface area (Å²) < 4.78 is 46.5. The summed E-state index contributed by atoms with van der Waals surface area (Å²) in [4.78, 5) is 6.85. The first-order valence-corrected chi connectivity index (χ1v) is 10.2. The molecule has 0 bridgehead atoms. The second-order valence-corrected chi connectivity index (χ2v) is 7.36. The van der Waals surface area contributed by atoms with Gasteiger partial charge in [-0.15, -0.1) is 0 Å². The highest BCUT2D eigenvalue weighted by atomic mass is 19.4. The van der Waals surface area contributed by atoms with Crippen LogP contribution < -0.4 is 5.32 Å². The molecule has 0 aromatic heterocycles. The normalized spacial score (nSPS) is 16.1. The lowest BCUT2D eigenvalue weighted by Gasteiger charge is -2.26. The Balaban J connectivity index is 1.83. The van der Waals surface area contributed by atoms with Crippen LogP contribution in [0, 0.1) is 5.92 Å². The van der Waals surface area contributed by atoms with Crippen molar-refractivity contribution < 1.29 is 22.6 Å². The van der Waals surface area contributed by atoms with Crippen LogP contribution in [0.4, 0.5) is 13.2 Å². The molecule has 0 atom stereocenters. The molecular weight excluding hydrogens is 383 g/mol. The topological polar surface area (TPSA) is 46.1 Å². The van der Waals surface area contributed by atoms with Crippen LogP contribution in [-0.2, 0) is 22.6 Å². The third-order valence-electron chi connectivity index (χ3n) is 4.88. The molecule has 8 heteroatoms. The molecule has 1 saturated heterocycles. The van der Waals surface area contributed by atoms with Gasteiger partial charge in [-0.25, -0.2) is 4.99 Å². The molecule has 0 radical (unpaired) electrons. The summed E-state index contributed by atoms with van der Waals surface area (Å²) in [6.45, 7) is 4.71. The Labute approximate surface area is 171 Å². The number of halogens is 3. The zero-order valence-corrected chi connectivity index (χ0v) is 17.3. The zero-order chi connectivity index (χ0) is 21.1. The summed E-state index contributed by atoms with van der Waals surface area (Å²) in [5.74, 6) is 1.57. The van der Waals surface area contributed by atoms with E-state index in [-0.39, 0.29) is 6.61 Å². The van der Waals surface area contributed by atoms with Gasteiger partial charge >= 0.3 is 6.18 Å². The van der Waals surface area contributed by atoms with Crippen LogP contribution in [-0.4, -0.2) is 57.0 Å². The number of nitrogens with one attached hydrogen (secondary N) is 1. The molecule has 0 aliphatic carbocycles. The van der Waals surface area contributed by atoms with Crippen molar-refractivity contribution in [3.8, 4) is 0 Å². The number of ether oxygens (including phenoxy) is 2. The highest BCUT2D eigenvalue weighted by Crippen LogP contribution is 2.19.